The van der Waals surface area contributed by atoms with Gasteiger partial charge in [-0.15, -0.1) is 12.4 Å². The van der Waals surface area contributed by atoms with Gasteiger partial charge in [0, 0.05) is 13.7 Å². The van der Waals surface area contributed by atoms with Crippen LogP contribution in [0.1, 0.15) is 6.92 Å². The molecule has 0 fully saturated rings. The van der Waals surface area contributed by atoms with Crippen molar-refractivity contribution in [1.29, 1.82) is 0 Å². The molecule has 70 valence electrons. The molecule has 0 radical (unpaired) electrons. The fraction of sp³-hybridized carbons (Fsp3) is 1.00. The number of halogens is 1. The van der Waals surface area contributed by atoms with Gasteiger partial charge in [-0.25, -0.2) is 0 Å². The normalized spacial score (nSPS) is 11.3. The van der Waals surface area contributed by atoms with E-state index < -0.39 is 10.3 Å². The van der Waals surface area contributed by atoms with E-state index in [1.54, 1.807) is 6.92 Å². The Hall–Kier alpha value is 0.120. The standard InChI is InChI=1S/C4H11NO4S.ClH/c1-3-9-4-5(2)10(6,7)8;/h3-4H2,1-2H3,(H,6,7,8);1H. The highest BCUT2D eigenvalue weighted by Crippen LogP contribution is 1.91. The zero-order chi connectivity index (χ0) is 8.20. The van der Waals surface area contributed by atoms with Gasteiger partial charge in [0.15, 0.2) is 0 Å². The largest absolute Gasteiger partial charge is 0.365 e. The van der Waals surface area contributed by atoms with Gasteiger partial charge in [0.05, 0.1) is 0 Å². The van der Waals surface area contributed by atoms with E-state index in [-0.39, 0.29) is 19.1 Å². The summed E-state index contributed by atoms with van der Waals surface area (Å²) in [6.07, 6.45) is 0. The average molecular weight is 206 g/mol. The molecule has 0 bridgehead atoms. The van der Waals surface area contributed by atoms with E-state index in [0.29, 0.717) is 10.9 Å². The van der Waals surface area contributed by atoms with Gasteiger partial charge in [0.2, 0.25) is 0 Å². The molecule has 0 unspecified atom stereocenters. The molecule has 5 nitrogen and oxygen atoms in total. The van der Waals surface area contributed by atoms with Gasteiger partial charge in [0.1, 0.15) is 6.73 Å². The van der Waals surface area contributed by atoms with Crippen molar-refractivity contribution in [2.24, 2.45) is 0 Å². The molecular weight excluding hydrogens is 194 g/mol. The first-order valence-corrected chi connectivity index (χ1v) is 4.14. The Morgan fingerprint density at radius 3 is 2.27 bits per heavy atom. The highest BCUT2D eigenvalue weighted by Gasteiger charge is 2.11. The van der Waals surface area contributed by atoms with Crippen LogP contribution < -0.4 is 0 Å². The van der Waals surface area contributed by atoms with E-state index in [1.165, 1.54) is 7.05 Å². The predicted molar refractivity (Wildman–Crippen MR) is 43.1 cm³/mol. The maximum atomic E-state index is 10.2. The Bertz CT molecular complexity index is 181. The third-order valence-electron chi connectivity index (χ3n) is 0.871. The molecule has 0 heterocycles. The van der Waals surface area contributed by atoms with Crippen molar-refractivity contribution >= 4 is 22.7 Å². The third-order valence-corrected chi connectivity index (χ3v) is 1.76. The van der Waals surface area contributed by atoms with E-state index in [4.69, 9.17) is 9.29 Å². The van der Waals surface area contributed by atoms with E-state index in [1.807, 2.05) is 0 Å². The molecule has 0 aliphatic carbocycles. The van der Waals surface area contributed by atoms with Crippen molar-refractivity contribution in [1.82, 2.24) is 4.31 Å². The summed E-state index contributed by atoms with van der Waals surface area (Å²) < 4.78 is 34.2. The van der Waals surface area contributed by atoms with Crippen LogP contribution >= 0.6 is 12.4 Å². The summed E-state index contributed by atoms with van der Waals surface area (Å²) in [6, 6.07) is 0. The van der Waals surface area contributed by atoms with Gasteiger partial charge in [-0.05, 0) is 6.92 Å². The summed E-state index contributed by atoms with van der Waals surface area (Å²) in [6.45, 7) is 2.03. The summed E-state index contributed by atoms with van der Waals surface area (Å²) in [5, 5.41) is 0. The maximum absolute atomic E-state index is 10.2. The summed E-state index contributed by atoms with van der Waals surface area (Å²) in [7, 11) is -2.84. The molecule has 0 aromatic carbocycles. The van der Waals surface area contributed by atoms with Crippen LogP contribution in [0.15, 0.2) is 0 Å². The second kappa shape index (κ2) is 5.73. The lowest BCUT2D eigenvalue weighted by Gasteiger charge is -2.10. The molecule has 0 aromatic heterocycles. The zero-order valence-electron chi connectivity index (χ0n) is 6.35. The summed E-state index contributed by atoms with van der Waals surface area (Å²) in [5.41, 5.74) is 0. The van der Waals surface area contributed by atoms with Crippen LogP contribution in [0.5, 0.6) is 0 Å². The van der Waals surface area contributed by atoms with Gasteiger partial charge >= 0.3 is 10.3 Å². The lowest BCUT2D eigenvalue weighted by atomic mass is 10.9. The van der Waals surface area contributed by atoms with Gasteiger partial charge < -0.3 is 4.74 Å². The first-order chi connectivity index (χ1) is 4.48. The smallest absolute Gasteiger partial charge is 0.337 e. The molecule has 0 aliphatic heterocycles. The molecule has 0 rings (SSSR count). The molecule has 0 aliphatic rings. The number of hydrogen-bond donors (Lipinski definition) is 1. The van der Waals surface area contributed by atoms with Crippen molar-refractivity contribution in [2.75, 3.05) is 20.4 Å². The van der Waals surface area contributed by atoms with E-state index in [0.717, 1.165) is 0 Å². The minimum absolute atomic E-state index is 0. The number of nitrogens with zero attached hydrogens (tertiary/aromatic N) is 1. The van der Waals surface area contributed by atoms with Crippen LogP contribution in [0, 0.1) is 0 Å². The topological polar surface area (TPSA) is 66.8 Å². The Morgan fingerprint density at radius 2 is 2.00 bits per heavy atom. The van der Waals surface area contributed by atoms with Crippen molar-refractivity contribution < 1.29 is 17.7 Å². The van der Waals surface area contributed by atoms with Crippen LogP contribution in [0.25, 0.3) is 0 Å². The van der Waals surface area contributed by atoms with Gasteiger partial charge in [-0.3, -0.25) is 4.55 Å². The molecule has 0 saturated carbocycles. The lowest BCUT2D eigenvalue weighted by Crippen LogP contribution is -2.28. The van der Waals surface area contributed by atoms with Gasteiger partial charge in [0.25, 0.3) is 0 Å². The second-order valence-electron chi connectivity index (χ2n) is 1.70. The summed E-state index contributed by atoms with van der Waals surface area (Å²) >= 11 is 0. The first kappa shape index (κ1) is 13.7. The van der Waals surface area contributed by atoms with Crippen LogP contribution in [0.2, 0.25) is 0 Å². The fourth-order valence-corrected chi connectivity index (χ4v) is 0.494. The first-order valence-electron chi connectivity index (χ1n) is 2.75. The van der Waals surface area contributed by atoms with Gasteiger partial charge in [-0.1, -0.05) is 0 Å². The summed E-state index contributed by atoms with van der Waals surface area (Å²) in [4.78, 5) is 0. The number of ether oxygens (including phenoxy) is 1. The van der Waals surface area contributed by atoms with Crippen LogP contribution in [0.3, 0.4) is 0 Å². The Kier molecular flexibility index (Phi) is 7.13. The molecule has 0 amide bonds. The van der Waals surface area contributed by atoms with Crippen molar-refractivity contribution in [2.45, 2.75) is 6.92 Å². The number of rotatable bonds is 4. The Labute approximate surface area is 72.6 Å². The third kappa shape index (κ3) is 6.52. The molecule has 7 heteroatoms. The average Bonchev–Trinajstić information content (AvgIpc) is 1.80. The van der Waals surface area contributed by atoms with Crippen molar-refractivity contribution in [3.05, 3.63) is 0 Å². The van der Waals surface area contributed by atoms with Crippen LogP contribution in [0.4, 0.5) is 0 Å². The van der Waals surface area contributed by atoms with Crippen molar-refractivity contribution in [3.8, 4) is 0 Å². The van der Waals surface area contributed by atoms with Crippen LogP contribution in [-0.2, 0) is 15.0 Å². The second-order valence-corrected chi connectivity index (χ2v) is 3.22. The monoisotopic (exact) mass is 205 g/mol. The highest BCUT2D eigenvalue weighted by molar-refractivity contribution is 7.83. The van der Waals surface area contributed by atoms with E-state index in [9.17, 15) is 8.42 Å². The summed E-state index contributed by atoms with van der Waals surface area (Å²) in [5.74, 6) is 0. The Morgan fingerprint density at radius 1 is 1.55 bits per heavy atom. The van der Waals surface area contributed by atoms with Gasteiger partial charge in [-0.2, -0.15) is 12.7 Å². The molecular formula is C4H12ClNO4S. The zero-order valence-corrected chi connectivity index (χ0v) is 7.98. The highest BCUT2D eigenvalue weighted by atomic mass is 35.5. The SMILES string of the molecule is CCOCN(C)S(=O)(=O)O.Cl. The molecule has 0 atom stereocenters. The fourth-order valence-electron chi connectivity index (χ4n) is 0.286. The van der Waals surface area contributed by atoms with E-state index >= 15 is 0 Å². The number of hydrogen-bond acceptors (Lipinski definition) is 3. The quantitative estimate of drug-likeness (QED) is 0.524. The molecule has 1 N–H and O–H groups in total. The minimum Gasteiger partial charge on any atom is -0.365 e. The van der Waals surface area contributed by atoms with E-state index in [2.05, 4.69) is 0 Å². The maximum Gasteiger partial charge on any atom is 0.337 e. The molecule has 11 heavy (non-hydrogen) atoms. The van der Waals surface area contributed by atoms with Crippen LogP contribution in [-0.4, -0.2) is 37.7 Å². The molecule has 0 saturated heterocycles. The lowest BCUT2D eigenvalue weighted by molar-refractivity contribution is 0.0869. The Balaban J connectivity index is 0. The molecule has 0 aromatic rings. The van der Waals surface area contributed by atoms with Crippen molar-refractivity contribution in [3.63, 3.8) is 0 Å². The molecule has 0 spiro atoms. The minimum atomic E-state index is -4.07. The predicted octanol–water partition coefficient (Wildman–Crippen LogP) is 0.137.